The number of hydrogen-bond acceptors (Lipinski definition) is 19. The van der Waals surface area contributed by atoms with Gasteiger partial charge in [-0.3, -0.25) is 9.69 Å². The van der Waals surface area contributed by atoms with Gasteiger partial charge in [0, 0.05) is 83.3 Å². The number of esters is 1. The summed E-state index contributed by atoms with van der Waals surface area (Å²) >= 11 is 23.6. The second-order valence-corrected chi connectivity index (χ2v) is 30.1. The highest BCUT2D eigenvalue weighted by molar-refractivity contribution is 9.11. The van der Waals surface area contributed by atoms with Gasteiger partial charge in [0.15, 0.2) is 34.5 Å². The lowest BCUT2D eigenvalue weighted by atomic mass is 9.99. The molecule has 0 unspecified atom stereocenters. The fourth-order valence-corrected chi connectivity index (χ4v) is 14.5. The number of alkyl halides is 1. The zero-order valence-electron chi connectivity index (χ0n) is 60.3. The van der Waals surface area contributed by atoms with E-state index in [1.165, 1.54) is 24.8 Å². The molecule has 11 heterocycles. The Kier molecular flexibility index (Phi) is 42.6. The molecule has 10 aromatic heterocycles. The van der Waals surface area contributed by atoms with Crippen LogP contribution in [0.1, 0.15) is 120 Å². The highest BCUT2D eigenvalue weighted by Crippen LogP contribution is 2.41. The molecule has 1 N–H and O–H groups in total. The van der Waals surface area contributed by atoms with Gasteiger partial charge in [0.05, 0.1) is 35.5 Å². The highest BCUT2D eigenvalue weighted by Gasteiger charge is 2.27. The van der Waals surface area contributed by atoms with E-state index in [4.69, 9.17) is 22.8 Å². The molecule has 15 aromatic rings. The molecular formula is C92H94Br7N11O8. The second kappa shape index (κ2) is 50.9. The SMILES string of the molecule is BrCc1noc(-c2ccccc2)c1-c1ccnc(Br)c1.Brc1cc(-c2c(CN3CCCCC3)noc2-c2ccccc2)ccn1.C.C.C.C.C.C.CCOC(=O)c1noc(-c2ccccc2)c1-c1ccnc(Br)c1.Cc1ccnc(Br)c1.O=C(Cc1ccnc(Br)c1)c1ccccc1.OCc1noc(-c2ccccc2)c1-c1ccnc(Br)c1. The maximum Gasteiger partial charge on any atom is 0.361 e. The summed E-state index contributed by atoms with van der Waals surface area (Å²) in [7, 11) is 0. The number of carbonyl (C=O) groups excluding carboxylic acids is 2. The lowest BCUT2D eigenvalue weighted by Gasteiger charge is -2.25. The Hall–Kier alpha value is -9.74. The number of aryl methyl sites for hydroxylation is 1. The van der Waals surface area contributed by atoms with Crippen LogP contribution in [0.4, 0.5) is 0 Å². The van der Waals surface area contributed by atoms with Gasteiger partial charge in [-0.05, 0) is 242 Å². The van der Waals surface area contributed by atoms with E-state index < -0.39 is 5.97 Å². The summed E-state index contributed by atoms with van der Waals surface area (Å²) in [6, 6.07) is 71.6. The third-order valence-electron chi connectivity index (χ3n) is 16.9. The number of aliphatic hydroxyl groups is 1. The van der Waals surface area contributed by atoms with Crippen LogP contribution in [0.5, 0.6) is 0 Å². The van der Waals surface area contributed by atoms with E-state index in [2.05, 4.69) is 179 Å². The molecule has 0 amide bonds. The molecule has 0 radical (unpaired) electrons. The number of aliphatic hydroxyl groups excluding tert-OH is 1. The molecule has 614 valence electrons. The summed E-state index contributed by atoms with van der Waals surface area (Å²) < 4.78 is 32.0. The van der Waals surface area contributed by atoms with Crippen LogP contribution in [0.15, 0.2) is 307 Å². The molecule has 1 aliphatic heterocycles. The average Bonchev–Trinajstić information content (AvgIpc) is 1.64. The highest BCUT2D eigenvalue weighted by atomic mass is 79.9. The van der Waals surface area contributed by atoms with Crippen molar-refractivity contribution in [2.45, 2.75) is 103 Å². The maximum atomic E-state index is 12.2. The number of Topliss-reactive ketones (excluding diaryl/α,β-unsaturated/α-hetero) is 1. The van der Waals surface area contributed by atoms with Crippen LogP contribution in [0.25, 0.3) is 89.8 Å². The smallest absolute Gasteiger partial charge is 0.361 e. The second-order valence-electron chi connectivity index (χ2n) is 24.6. The number of aromatic nitrogens is 10. The van der Waals surface area contributed by atoms with Crippen molar-refractivity contribution in [3.05, 3.63) is 329 Å². The fraction of sp³-hybridized carbons (Fsp3) is 0.196. The number of ketones is 1. The Balaban J connectivity index is 0.000000255. The van der Waals surface area contributed by atoms with Gasteiger partial charge >= 0.3 is 5.97 Å². The monoisotopic (exact) mass is 2030 g/mol. The van der Waals surface area contributed by atoms with E-state index in [1.807, 2.05) is 219 Å². The van der Waals surface area contributed by atoms with E-state index in [1.54, 1.807) is 44.0 Å². The van der Waals surface area contributed by atoms with Gasteiger partial charge in [0.1, 0.15) is 44.7 Å². The number of rotatable bonds is 17. The van der Waals surface area contributed by atoms with E-state index in [9.17, 15) is 14.7 Å². The molecule has 19 nitrogen and oxygen atoms in total. The van der Waals surface area contributed by atoms with Crippen LogP contribution in [-0.4, -0.2) is 92.0 Å². The predicted octanol–water partition coefficient (Wildman–Crippen LogP) is 27.5. The quantitative estimate of drug-likeness (QED) is 0.0385. The normalized spacial score (nSPS) is 10.9. The van der Waals surface area contributed by atoms with Gasteiger partial charge in [-0.25, -0.2) is 34.7 Å². The number of nitrogens with zero attached hydrogens (tertiary/aromatic N) is 11. The lowest BCUT2D eigenvalue weighted by Crippen LogP contribution is -2.29. The Labute approximate surface area is 750 Å². The van der Waals surface area contributed by atoms with E-state index in [0.717, 1.165) is 138 Å². The Morgan fingerprint density at radius 3 is 1.11 bits per heavy atom. The Morgan fingerprint density at radius 1 is 0.398 bits per heavy atom. The van der Waals surface area contributed by atoms with Crippen molar-refractivity contribution in [1.29, 1.82) is 0 Å². The van der Waals surface area contributed by atoms with E-state index >= 15 is 0 Å². The van der Waals surface area contributed by atoms with Crippen molar-refractivity contribution in [1.82, 2.24) is 55.4 Å². The summed E-state index contributed by atoms with van der Waals surface area (Å²) in [5.41, 5.74) is 16.5. The van der Waals surface area contributed by atoms with Crippen LogP contribution in [-0.2, 0) is 29.6 Å². The summed E-state index contributed by atoms with van der Waals surface area (Å²) in [6.07, 6.45) is 14.7. The zero-order chi connectivity index (χ0) is 78.6. The van der Waals surface area contributed by atoms with Crippen LogP contribution in [0.2, 0.25) is 0 Å². The summed E-state index contributed by atoms with van der Waals surface area (Å²) in [5.74, 6) is 2.38. The molecule has 118 heavy (non-hydrogen) atoms. The minimum Gasteiger partial charge on any atom is -0.461 e. The van der Waals surface area contributed by atoms with Crippen LogP contribution < -0.4 is 0 Å². The molecule has 0 saturated carbocycles. The number of ether oxygens (including phenoxy) is 1. The molecule has 0 aliphatic carbocycles. The van der Waals surface area contributed by atoms with Crippen LogP contribution in [0, 0.1) is 6.92 Å². The Morgan fingerprint density at radius 2 is 0.737 bits per heavy atom. The van der Waals surface area contributed by atoms with Gasteiger partial charge in [-0.15, -0.1) is 0 Å². The number of hydrogen-bond donors (Lipinski definition) is 1. The average molecular weight is 2040 g/mol. The lowest BCUT2D eigenvalue weighted by molar-refractivity contribution is 0.0515. The molecule has 1 fully saturated rings. The molecule has 0 spiro atoms. The summed E-state index contributed by atoms with van der Waals surface area (Å²) in [6.45, 7) is 6.97. The van der Waals surface area contributed by atoms with Crippen molar-refractivity contribution in [2.75, 3.05) is 19.7 Å². The molecule has 1 saturated heterocycles. The molecule has 0 bridgehead atoms. The zero-order valence-corrected chi connectivity index (χ0v) is 71.4. The predicted molar refractivity (Wildman–Crippen MR) is 499 cm³/mol. The molecule has 0 atom stereocenters. The van der Waals surface area contributed by atoms with Gasteiger partial charge < -0.3 is 27.9 Å². The maximum absolute atomic E-state index is 12.2. The van der Waals surface area contributed by atoms with Gasteiger partial charge in [-0.1, -0.05) is 239 Å². The number of likely N-dealkylation sites (tertiary alicyclic amines) is 1. The largest absolute Gasteiger partial charge is 0.461 e. The number of carbonyl (C=O) groups is 2. The van der Waals surface area contributed by atoms with E-state index in [-0.39, 0.29) is 69.3 Å². The van der Waals surface area contributed by atoms with Gasteiger partial charge in [-0.2, -0.15) is 0 Å². The molecule has 26 heteroatoms. The first-order valence-corrected chi connectivity index (χ1v) is 41.0. The van der Waals surface area contributed by atoms with Crippen LogP contribution >= 0.6 is 112 Å². The van der Waals surface area contributed by atoms with Crippen molar-refractivity contribution in [3.63, 3.8) is 0 Å². The van der Waals surface area contributed by atoms with Crippen molar-refractivity contribution >= 4 is 123 Å². The third-order valence-corrected chi connectivity index (χ3v) is 20.0. The summed E-state index contributed by atoms with van der Waals surface area (Å²) in [5, 5.41) is 26.6. The minimum absolute atomic E-state index is 0. The number of piperidine rings is 1. The fourth-order valence-electron chi connectivity index (χ4n) is 11.7. The van der Waals surface area contributed by atoms with Crippen molar-refractivity contribution in [2.24, 2.45) is 0 Å². The topological polar surface area (TPSA) is 248 Å². The first-order valence-electron chi connectivity index (χ1n) is 35.1. The Bertz CT molecular complexity index is 5360. The first-order chi connectivity index (χ1) is 54.6. The summed E-state index contributed by atoms with van der Waals surface area (Å²) in [4.78, 5) is 51.2. The molecule has 1 aliphatic rings. The van der Waals surface area contributed by atoms with E-state index in [0.29, 0.717) is 39.1 Å². The van der Waals surface area contributed by atoms with Crippen molar-refractivity contribution in [3.8, 4) is 89.8 Å². The van der Waals surface area contributed by atoms with Gasteiger partial charge in [0.25, 0.3) is 0 Å². The minimum atomic E-state index is -0.513. The van der Waals surface area contributed by atoms with Crippen molar-refractivity contribution < 1.29 is 37.5 Å². The molecule has 16 rings (SSSR count). The first kappa shape index (κ1) is 98.8. The molecular weight excluding hydrogens is 1950 g/mol. The molecule has 5 aromatic carbocycles. The number of pyridine rings is 6. The number of benzene rings is 5. The number of halogens is 7. The van der Waals surface area contributed by atoms with Crippen LogP contribution in [0.3, 0.4) is 0 Å². The van der Waals surface area contributed by atoms with Gasteiger partial charge in [0.2, 0.25) is 0 Å². The third kappa shape index (κ3) is 27.9. The standard InChI is InChI=1S/C20H20BrN3O.C17H13BrN2O3.C15H10Br2N2O.C15H11BrN2O2.C13H10BrNO.C6H6BrN.6CH4/c21-18-13-16(9-10-22-18)19-17(14-24-11-5-2-6-12-24)23-25-20(19)15-7-3-1-4-8-15;1-2-22-17(21)15-14(12-8-9-19-13(18)10-12)16(23-20-15)11-6-4-3-5-7-11;16-9-12-14(11-6-7-18-13(17)8-11)15(20-19-12)10-4-2-1-3-5-10;16-13-8-11(6-7-17-13)14-12(9-19)18-20-15(14)10-4-2-1-3-5-10;14-13-9-10(6-7-15-13)8-12(16)11-4-2-1-3-5-11;1-5-2-3-8-6(7)4-5;;;;;;/h1,3-4,7-10,13H,2,5-6,11-12,14H2;3-10H,2H2,1H3;1-8H,9H2;1-8,19H,9H2;1-7,9H,8H2;2-4H,1H3;6*1H4.